The quantitative estimate of drug-likeness (QED) is 0.345. The Morgan fingerprint density at radius 2 is 1.74 bits per heavy atom. The van der Waals surface area contributed by atoms with E-state index in [2.05, 4.69) is 10.3 Å². The summed E-state index contributed by atoms with van der Waals surface area (Å²) in [6.45, 7) is 6.14. The average Bonchev–Trinajstić information content (AvgIpc) is 2.85. The molecular weight excluding hydrogens is 424 g/mol. The maximum Gasteiger partial charge on any atom is 0.338 e. The summed E-state index contributed by atoms with van der Waals surface area (Å²) < 4.78 is 5.51. The highest BCUT2D eigenvalue weighted by Gasteiger charge is 2.15. The Labute approximate surface area is 199 Å². The van der Waals surface area contributed by atoms with Crippen molar-refractivity contribution in [2.24, 2.45) is 0 Å². The number of aromatic nitrogens is 1. The number of ether oxygens (including phenoxy) is 1. The summed E-state index contributed by atoms with van der Waals surface area (Å²) in [4.78, 5) is 29.4. The van der Waals surface area contributed by atoms with Crippen LogP contribution in [0.25, 0.3) is 10.8 Å². The van der Waals surface area contributed by atoms with Crippen molar-refractivity contribution in [1.29, 1.82) is 0 Å². The number of esters is 1. The largest absolute Gasteiger partial charge is 0.457 e. The normalized spacial score (nSPS) is 11.7. The lowest BCUT2D eigenvalue weighted by Gasteiger charge is -2.18. The van der Waals surface area contributed by atoms with Crippen LogP contribution < -0.4 is 5.32 Å². The van der Waals surface area contributed by atoms with Crippen LogP contribution in [0.3, 0.4) is 0 Å². The molecule has 34 heavy (non-hydrogen) atoms. The first-order valence-electron chi connectivity index (χ1n) is 11.4. The highest BCUT2D eigenvalue weighted by atomic mass is 16.5. The van der Waals surface area contributed by atoms with Crippen LogP contribution in [0.4, 0.5) is 0 Å². The molecule has 1 unspecified atom stereocenters. The van der Waals surface area contributed by atoms with E-state index < -0.39 is 0 Å². The fourth-order valence-corrected chi connectivity index (χ4v) is 4.00. The van der Waals surface area contributed by atoms with Crippen molar-refractivity contribution < 1.29 is 14.3 Å². The molecule has 3 aromatic carbocycles. The van der Waals surface area contributed by atoms with Gasteiger partial charge in [0.1, 0.15) is 6.61 Å². The van der Waals surface area contributed by atoms with Gasteiger partial charge in [-0.3, -0.25) is 9.78 Å². The van der Waals surface area contributed by atoms with Crippen molar-refractivity contribution in [2.45, 2.75) is 39.8 Å². The van der Waals surface area contributed by atoms with Crippen LogP contribution in [0.15, 0.2) is 79.1 Å². The molecule has 1 amide bonds. The van der Waals surface area contributed by atoms with E-state index in [0.29, 0.717) is 11.1 Å². The Morgan fingerprint density at radius 3 is 2.47 bits per heavy atom. The zero-order chi connectivity index (χ0) is 24.1. The van der Waals surface area contributed by atoms with Crippen molar-refractivity contribution in [1.82, 2.24) is 10.3 Å². The van der Waals surface area contributed by atoms with E-state index in [9.17, 15) is 9.59 Å². The Bertz CT molecular complexity index is 1330. The van der Waals surface area contributed by atoms with E-state index in [1.54, 1.807) is 18.5 Å². The number of amides is 1. The molecule has 0 saturated heterocycles. The Kier molecular flexibility index (Phi) is 7.02. The lowest BCUT2D eigenvalue weighted by Crippen LogP contribution is -2.28. The van der Waals surface area contributed by atoms with Crippen molar-refractivity contribution in [3.05, 3.63) is 113 Å². The first-order chi connectivity index (χ1) is 16.4. The fourth-order valence-electron chi connectivity index (χ4n) is 4.00. The van der Waals surface area contributed by atoms with E-state index in [0.717, 1.165) is 39.4 Å². The van der Waals surface area contributed by atoms with Crippen LogP contribution in [0, 0.1) is 13.8 Å². The van der Waals surface area contributed by atoms with Gasteiger partial charge >= 0.3 is 5.97 Å². The first kappa shape index (κ1) is 23.2. The van der Waals surface area contributed by atoms with Gasteiger partial charge in [-0.2, -0.15) is 0 Å². The van der Waals surface area contributed by atoms with E-state index >= 15 is 0 Å². The summed E-state index contributed by atoms with van der Waals surface area (Å²) in [6.07, 6.45) is 4.26. The van der Waals surface area contributed by atoms with Gasteiger partial charge in [-0.25, -0.2) is 4.79 Å². The number of nitrogens with one attached hydrogen (secondary N) is 1. The number of rotatable bonds is 7. The SMILES string of the molecule is CCC(NC(=O)c1ccc2cnccc2c1)c1ccc(COC(=O)c2ccc(C)cc2C)cc1. The topological polar surface area (TPSA) is 68.3 Å². The second-order valence-electron chi connectivity index (χ2n) is 8.51. The summed E-state index contributed by atoms with van der Waals surface area (Å²) in [7, 11) is 0. The van der Waals surface area contributed by atoms with Crippen LogP contribution in [0.5, 0.6) is 0 Å². The minimum absolute atomic E-state index is 0.114. The Hall–Kier alpha value is -3.99. The predicted octanol–water partition coefficient (Wildman–Crippen LogP) is 6.09. The number of hydrogen-bond acceptors (Lipinski definition) is 4. The van der Waals surface area contributed by atoms with Gasteiger partial charge in [-0.05, 0) is 66.6 Å². The summed E-state index contributed by atoms with van der Waals surface area (Å²) in [6, 6.07) is 20.9. The number of aryl methyl sites for hydroxylation is 2. The number of benzene rings is 3. The van der Waals surface area contributed by atoms with E-state index in [-0.39, 0.29) is 24.5 Å². The molecule has 5 heteroatoms. The third-order valence-electron chi connectivity index (χ3n) is 5.97. The van der Waals surface area contributed by atoms with E-state index in [1.807, 2.05) is 81.4 Å². The Balaban J connectivity index is 1.39. The van der Waals surface area contributed by atoms with Crippen molar-refractivity contribution in [3.63, 3.8) is 0 Å². The van der Waals surface area contributed by atoms with E-state index in [4.69, 9.17) is 4.74 Å². The summed E-state index contributed by atoms with van der Waals surface area (Å²) >= 11 is 0. The summed E-state index contributed by atoms with van der Waals surface area (Å²) in [5.41, 5.74) is 5.12. The molecule has 0 aliphatic carbocycles. The molecule has 5 nitrogen and oxygen atoms in total. The number of nitrogens with zero attached hydrogens (tertiary/aromatic N) is 1. The van der Waals surface area contributed by atoms with Gasteiger partial charge in [0.15, 0.2) is 0 Å². The molecule has 1 aromatic heterocycles. The molecule has 0 fully saturated rings. The van der Waals surface area contributed by atoms with Gasteiger partial charge in [-0.15, -0.1) is 0 Å². The van der Waals surface area contributed by atoms with Gasteiger partial charge < -0.3 is 10.1 Å². The predicted molar refractivity (Wildman–Crippen MR) is 134 cm³/mol. The van der Waals surface area contributed by atoms with Gasteiger partial charge in [0.2, 0.25) is 0 Å². The lowest BCUT2D eigenvalue weighted by molar-refractivity contribution is 0.0471. The van der Waals surface area contributed by atoms with Gasteiger partial charge in [0, 0.05) is 23.3 Å². The van der Waals surface area contributed by atoms with Crippen LogP contribution in [-0.2, 0) is 11.3 Å². The van der Waals surface area contributed by atoms with Gasteiger partial charge in [0.05, 0.1) is 11.6 Å². The maximum atomic E-state index is 12.9. The highest BCUT2D eigenvalue weighted by molar-refractivity contribution is 5.98. The Morgan fingerprint density at radius 1 is 0.941 bits per heavy atom. The molecule has 4 aromatic rings. The molecule has 0 radical (unpaired) electrons. The van der Waals surface area contributed by atoms with Gasteiger partial charge in [-0.1, -0.05) is 55.0 Å². The standard InChI is InChI=1S/C29H28N2O3/c1-4-27(31-28(32)24-10-11-25-17-30-14-13-23(25)16-24)22-8-6-21(7-9-22)18-34-29(33)26-12-5-19(2)15-20(26)3/h5-17,27H,4,18H2,1-3H3,(H,31,32). The van der Waals surface area contributed by atoms with Crippen LogP contribution in [-0.4, -0.2) is 16.9 Å². The molecular formula is C29H28N2O3. The summed E-state index contributed by atoms with van der Waals surface area (Å²) in [5, 5.41) is 5.11. The number of hydrogen-bond donors (Lipinski definition) is 1. The lowest BCUT2D eigenvalue weighted by atomic mass is 10.0. The third-order valence-corrected chi connectivity index (χ3v) is 5.97. The minimum Gasteiger partial charge on any atom is -0.457 e. The van der Waals surface area contributed by atoms with Crippen LogP contribution in [0.2, 0.25) is 0 Å². The zero-order valence-electron chi connectivity index (χ0n) is 19.7. The number of pyridine rings is 1. The van der Waals surface area contributed by atoms with Crippen LogP contribution in [0.1, 0.15) is 62.4 Å². The number of carbonyl (C=O) groups excluding carboxylic acids is 2. The smallest absolute Gasteiger partial charge is 0.338 e. The average molecular weight is 453 g/mol. The van der Waals surface area contributed by atoms with Gasteiger partial charge in [0.25, 0.3) is 5.91 Å². The molecule has 0 spiro atoms. The first-order valence-corrected chi connectivity index (χ1v) is 11.4. The molecule has 0 aliphatic heterocycles. The fraction of sp³-hybridized carbons (Fsp3) is 0.207. The molecule has 0 aliphatic rings. The molecule has 0 saturated carbocycles. The molecule has 1 atom stereocenters. The number of carbonyl (C=O) groups is 2. The monoisotopic (exact) mass is 452 g/mol. The maximum absolute atomic E-state index is 12.9. The van der Waals surface area contributed by atoms with Crippen molar-refractivity contribution in [2.75, 3.05) is 0 Å². The molecule has 1 heterocycles. The number of fused-ring (bicyclic) bond motifs is 1. The van der Waals surface area contributed by atoms with E-state index in [1.165, 1.54) is 0 Å². The molecule has 0 bridgehead atoms. The third kappa shape index (κ3) is 5.31. The molecule has 4 rings (SSSR count). The van der Waals surface area contributed by atoms with Crippen molar-refractivity contribution >= 4 is 22.6 Å². The van der Waals surface area contributed by atoms with Crippen LogP contribution >= 0.6 is 0 Å². The summed E-state index contributed by atoms with van der Waals surface area (Å²) in [5.74, 6) is -0.441. The second kappa shape index (κ2) is 10.3. The second-order valence-corrected chi connectivity index (χ2v) is 8.51. The van der Waals surface area contributed by atoms with Crippen molar-refractivity contribution in [3.8, 4) is 0 Å². The highest BCUT2D eigenvalue weighted by Crippen LogP contribution is 2.20. The minimum atomic E-state index is -0.327. The molecule has 1 N–H and O–H groups in total. The zero-order valence-corrected chi connectivity index (χ0v) is 19.7. The molecule has 172 valence electrons.